The van der Waals surface area contributed by atoms with Crippen LogP contribution in [0.1, 0.15) is 70.9 Å². The SMILES string of the molecule is CCOP(=O)(Cc1csc(NC(=O)c2cc(OC(C)C)cc(O[C@H]3CCN(C(=O)OC(C)(C)C)C3)c2)n1)OCC. The van der Waals surface area contributed by atoms with E-state index in [0.717, 1.165) is 0 Å². The fourth-order valence-electron chi connectivity index (χ4n) is 3.95. The minimum Gasteiger partial charge on any atom is -0.491 e. The number of hydrogen-bond acceptors (Lipinski definition) is 10. The molecule has 1 N–H and O–H groups in total. The van der Waals surface area contributed by atoms with Gasteiger partial charge in [-0.1, -0.05) is 0 Å². The molecule has 0 saturated carbocycles. The quantitative estimate of drug-likeness (QED) is 0.279. The number of carbonyl (C=O) groups is 2. The summed E-state index contributed by atoms with van der Waals surface area (Å²) >= 11 is 1.21. The Morgan fingerprint density at radius 3 is 2.45 bits per heavy atom. The zero-order valence-electron chi connectivity index (χ0n) is 24.2. The van der Waals surface area contributed by atoms with Gasteiger partial charge in [0, 0.05) is 30.0 Å². The average molecular weight is 598 g/mol. The monoisotopic (exact) mass is 597 g/mol. The van der Waals surface area contributed by atoms with Crippen LogP contribution in [0.2, 0.25) is 0 Å². The molecule has 1 aromatic carbocycles. The Balaban J connectivity index is 1.71. The van der Waals surface area contributed by atoms with Gasteiger partial charge in [-0.2, -0.15) is 0 Å². The second-order valence-electron chi connectivity index (χ2n) is 10.5. The molecule has 222 valence electrons. The number of amides is 2. The van der Waals surface area contributed by atoms with Gasteiger partial charge in [-0.25, -0.2) is 9.78 Å². The molecule has 2 aromatic rings. The Morgan fingerprint density at radius 1 is 1.15 bits per heavy atom. The smallest absolute Gasteiger partial charge is 0.410 e. The summed E-state index contributed by atoms with van der Waals surface area (Å²) in [6.07, 6.45) is -0.111. The van der Waals surface area contributed by atoms with Crippen molar-refractivity contribution in [3.63, 3.8) is 0 Å². The predicted octanol–water partition coefficient (Wildman–Crippen LogP) is 6.34. The fourth-order valence-corrected chi connectivity index (χ4v) is 6.38. The van der Waals surface area contributed by atoms with Crippen LogP contribution in [0.25, 0.3) is 0 Å². The van der Waals surface area contributed by atoms with E-state index in [2.05, 4.69) is 10.3 Å². The summed E-state index contributed by atoms with van der Waals surface area (Å²) in [6, 6.07) is 5.00. The topological polar surface area (TPSA) is 126 Å². The molecule has 1 fully saturated rings. The molecule has 2 heterocycles. The molecule has 1 atom stereocenters. The van der Waals surface area contributed by atoms with Crippen molar-refractivity contribution in [2.75, 3.05) is 31.6 Å². The molecule has 40 heavy (non-hydrogen) atoms. The molecule has 1 aliphatic heterocycles. The molecule has 0 radical (unpaired) electrons. The fraction of sp³-hybridized carbons (Fsp3) is 0.593. The van der Waals surface area contributed by atoms with Crippen molar-refractivity contribution in [3.8, 4) is 11.5 Å². The maximum Gasteiger partial charge on any atom is 0.410 e. The van der Waals surface area contributed by atoms with Crippen LogP contribution in [-0.4, -0.2) is 66.0 Å². The molecular weight excluding hydrogens is 557 g/mol. The Bertz CT molecular complexity index is 1200. The van der Waals surface area contributed by atoms with Crippen molar-refractivity contribution in [1.82, 2.24) is 9.88 Å². The third kappa shape index (κ3) is 9.76. The number of aromatic nitrogens is 1. The van der Waals surface area contributed by atoms with Gasteiger partial charge >= 0.3 is 13.7 Å². The van der Waals surface area contributed by atoms with E-state index in [1.807, 2.05) is 34.6 Å². The van der Waals surface area contributed by atoms with Crippen molar-refractivity contribution in [2.45, 2.75) is 78.9 Å². The summed E-state index contributed by atoms with van der Waals surface area (Å²) in [4.78, 5) is 31.6. The van der Waals surface area contributed by atoms with Gasteiger partial charge in [-0.05, 0) is 60.6 Å². The van der Waals surface area contributed by atoms with Gasteiger partial charge in [0.05, 0.1) is 37.7 Å². The zero-order valence-corrected chi connectivity index (χ0v) is 25.9. The first-order valence-electron chi connectivity index (χ1n) is 13.4. The third-order valence-electron chi connectivity index (χ3n) is 5.39. The molecule has 0 bridgehead atoms. The highest BCUT2D eigenvalue weighted by Crippen LogP contribution is 2.51. The Kier molecular flexibility index (Phi) is 11.0. The Labute approximate surface area is 240 Å². The number of likely N-dealkylation sites (tertiary alicyclic amines) is 1. The van der Waals surface area contributed by atoms with Crippen LogP contribution in [0.5, 0.6) is 11.5 Å². The van der Waals surface area contributed by atoms with Crippen molar-refractivity contribution in [1.29, 1.82) is 0 Å². The lowest BCUT2D eigenvalue weighted by Crippen LogP contribution is -2.36. The Hall–Kier alpha value is -2.66. The number of hydrogen-bond donors (Lipinski definition) is 1. The van der Waals surface area contributed by atoms with Gasteiger partial charge in [0.15, 0.2) is 5.13 Å². The molecule has 1 aliphatic rings. The normalized spacial score (nSPS) is 15.8. The second-order valence-corrected chi connectivity index (χ2v) is 13.4. The Morgan fingerprint density at radius 2 is 1.82 bits per heavy atom. The number of nitrogens with one attached hydrogen (secondary N) is 1. The van der Waals surface area contributed by atoms with Crippen LogP contribution < -0.4 is 14.8 Å². The lowest BCUT2D eigenvalue weighted by molar-refractivity contribution is 0.0275. The van der Waals surface area contributed by atoms with Crippen molar-refractivity contribution >= 4 is 36.1 Å². The molecule has 0 spiro atoms. The van der Waals surface area contributed by atoms with Gasteiger partial charge in [0.1, 0.15) is 23.2 Å². The standard InChI is InChI=1S/C27H40N3O8PS/c1-8-34-39(33,35-9-2)16-20-17-40-25(28-20)29-24(31)19-12-22(36-18(3)4)14-23(13-19)37-21-10-11-30(15-21)26(32)38-27(5,6)7/h12-14,17-18,21H,8-11,15-16H2,1-7H3,(H,28,29,31)/t21-/m0/s1. The number of rotatable bonds is 12. The number of thiazole rings is 1. The first kappa shape index (κ1) is 31.9. The molecule has 11 nitrogen and oxygen atoms in total. The van der Waals surface area contributed by atoms with E-state index in [4.69, 9.17) is 23.3 Å². The summed E-state index contributed by atoms with van der Waals surface area (Å²) < 4.78 is 41.0. The van der Waals surface area contributed by atoms with E-state index in [0.29, 0.717) is 47.4 Å². The minimum atomic E-state index is -3.32. The summed E-state index contributed by atoms with van der Waals surface area (Å²) in [5, 5.41) is 4.85. The molecule has 13 heteroatoms. The van der Waals surface area contributed by atoms with Crippen LogP contribution in [0.4, 0.5) is 9.93 Å². The lowest BCUT2D eigenvalue weighted by atomic mass is 10.2. The van der Waals surface area contributed by atoms with E-state index in [1.165, 1.54) is 11.3 Å². The van der Waals surface area contributed by atoms with Gasteiger partial charge in [0.25, 0.3) is 5.91 Å². The minimum absolute atomic E-state index is 0.0124. The van der Waals surface area contributed by atoms with E-state index in [9.17, 15) is 14.2 Å². The highest BCUT2D eigenvalue weighted by Gasteiger charge is 2.31. The number of nitrogens with zero attached hydrogens (tertiary/aromatic N) is 2. The van der Waals surface area contributed by atoms with Gasteiger partial charge < -0.3 is 28.2 Å². The molecule has 0 unspecified atom stereocenters. The average Bonchev–Trinajstić information content (AvgIpc) is 3.47. The van der Waals surface area contributed by atoms with E-state index < -0.39 is 19.1 Å². The summed E-state index contributed by atoms with van der Waals surface area (Å²) in [5.41, 5.74) is 0.244. The van der Waals surface area contributed by atoms with Crippen molar-refractivity contribution in [2.24, 2.45) is 0 Å². The molecule has 2 amide bonds. The van der Waals surface area contributed by atoms with Gasteiger partial charge in [-0.3, -0.25) is 14.7 Å². The van der Waals surface area contributed by atoms with Crippen LogP contribution in [0.15, 0.2) is 23.6 Å². The van der Waals surface area contributed by atoms with Crippen LogP contribution in [0.3, 0.4) is 0 Å². The number of ether oxygens (including phenoxy) is 3. The molecule has 1 aromatic heterocycles. The summed E-state index contributed by atoms with van der Waals surface area (Å²) in [6.45, 7) is 14.2. The molecular formula is C27H40N3O8PS. The third-order valence-corrected chi connectivity index (χ3v) is 8.21. The number of benzene rings is 1. The highest BCUT2D eigenvalue weighted by atomic mass is 32.1. The lowest BCUT2D eigenvalue weighted by Gasteiger charge is -2.24. The largest absolute Gasteiger partial charge is 0.491 e. The number of carbonyl (C=O) groups excluding carboxylic acids is 2. The van der Waals surface area contributed by atoms with Crippen molar-refractivity contribution < 1.29 is 37.4 Å². The molecule has 1 saturated heterocycles. The van der Waals surface area contributed by atoms with Crippen LogP contribution >= 0.6 is 18.9 Å². The van der Waals surface area contributed by atoms with Crippen molar-refractivity contribution in [3.05, 3.63) is 34.8 Å². The maximum atomic E-state index is 13.2. The van der Waals surface area contributed by atoms with E-state index in [-0.39, 0.29) is 37.7 Å². The molecule has 3 rings (SSSR count). The van der Waals surface area contributed by atoms with Gasteiger partial charge in [0.2, 0.25) is 0 Å². The molecule has 0 aliphatic carbocycles. The number of anilines is 1. The zero-order chi connectivity index (χ0) is 29.5. The van der Waals surface area contributed by atoms with E-state index in [1.54, 1.807) is 42.3 Å². The van der Waals surface area contributed by atoms with Gasteiger partial charge in [-0.15, -0.1) is 11.3 Å². The maximum absolute atomic E-state index is 13.2. The second kappa shape index (κ2) is 13.8. The van der Waals surface area contributed by atoms with Crippen LogP contribution in [0, 0.1) is 0 Å². The van der Waals surface area contributed by atoms with E-state index >= 15 is 0 Å². The summed E-state index contributed by atoms with van der Waals surface area (Å²) in [5.74, 6) is 0.530. The first-order chi connectivity index (χ1) is 18.8. The predicted molar refractivity (Wildman–Crippen MR) is 154 cm³/mol. The highest BCUT2D eigenvalue weighted by molar-refractivity contribution is 7.53. The first-order valence-corrected chi connectivity index (χ1v) is 16.0. The van der Waals surface area contributed by atoms with Crippen LogP contribution in [-0.2, 0) is 24.5 Å². The summed E-state index contributed by atoms with van der Waals surface area (Å²) in [7, 11) is -3.32.